The highest BCUT2D eigenvalue weighted by atomic mass is 32.2. The zero-order valence-electron chi connectivity index (χ0n) is 24.3. The first-order valence-corrected chi connectivity index (χ1v) is 16.4. The SMILES string of the molecule is CCOC(=O)C1=C(C)N=c2s/c(=C/c3nc(S(=O)(=O)c4ccc(C)cc4)c(N4CCOCC4)o3)c(=O)n2[C@@H]1c1ccccc1. The molecule has 13 heteroatoms. The van der Waals surface area contributed by atoms with E-state index in [1.807, 2.05) is 37.3 Å². The van der Waals surface area contributed by atoms with Crippen molar-refractivity contribution in [1.82, 2.24) is 9.55 Å². The maximum atomic E-state index is 14.0. The van der Waals surface area contributed by atoms with E-state index in [1.165, 1.54) is 22.8 Å². The van der Waals surface area contributed by atoms with Crippen molar-refractivity contribution in [2.45, 2.75) is 36.7 Å². The van der Waals surface area contributed by atoms with Crippen LogP contribution in [0.5, 0.6) is 0 Å². The van der Waals surface area contributed by atoms with Crippen LogP contribution in [0.25, 0.3) is 6.08 Å². The lowest BCUT2D eigenvalue weighted by molar-refractivity contribution is -0.139. The second kappa shape index (κ2) is 12.0. The molecule has 1 saturated heterocycles. The average Bonchev–Trinajstić information content (AvgIpc) is 3.59. The highest BCUT2D eigenvalue weighted by Crippen LogP contribution is 2.33. The lowest BCUT2D eigenvalue weighted by atomic mass is 9.96. The maximum Gasteiger partial charge on any atom is 0.338 e. The van der Waals surface area contributed by atoms with Gasteiger partial charge in [0.05, 0.1) is 42.0 Å². The van der Waals surface area contributed by atoms with E-state index >= 15 is 0 Å². The second-order valence-electron chi connectivity index (χ2n) is 10.3. The summed E-state index contributed by atoms with van der Waals surface area (Å²) in [5, 5.41) is -0.232. The standard InChI is InChI=1S/C31H30N4O7S2/c1-4-41-30(37)25-20(3)32-31-35(26(25)21-8-6-5-7-9-21)28(36)23(43-31)18-24-33-27(29(42-24)34-14-16-40-17-15-34)44(38,39)22-12-10-19(2)11-13-22/h5-13,18,26H,4,14-17H2,1-3H3/b23-18+/t26-/m1/s1. The number of fused-ring (bicyclic) bond motifs is 1. The Balaban J connectivity index is 1.51. The van der Waals surface area contributed by atoms with E-state index in [4.69, 9.17) is 13.9 Å². The number of carbonyl (C=O) groups is 1. The number of hydrogen-bond acceptors (Lipinski definition) is 11. The molecule has 2 aromatic carbocycles. The molecule has 2 aromatic heterocycles. The number of benzene rings is 2. The number of hydrogen-bond donors (Lipinski definition) is 0. The summed E-state index contributed by atoms with van der Waals surface area (Å²) in [5.41, 5.74) is 1.93. The monoisotopic (exact) mass is 634 g/mol. The number of esters is 1. The zero-order valence-corrected chi connectivity index (χ0v) is 26.0. The Labute approximate surface area is 257 Å². The van der Waals surface area contributed by atoms with Gasteiger partial charge in [-0.2, -0.15) is 4.98 Å². The fourth-order valence-corrected chi connectivity index (χ4v) is 7.54. The summed E-state index contributed by atoms with van der Waals surface area (Å²) in [6.07, 6.45) is 1.42. The van der Waals surface area contributed by atoms with Gasteiger partial charge in [-0.25, -0.2) is 18.2 Å². The van der Waals surface area contributed by atoms with Gasteiger partial charge in [0, 0.05) is 19.2 Å². The van der Waals surface area contributed by atoms with Crippen LogP contribution in [0.15, 0.2) is 90.0 Å². The number of rotatable bonds is 7. The zero-order chi connectivity index (χ0) is 31.0. The van der Waals surface area contributed by atoms with Gasteiger partial charge in [0.25, 0.3) is 5.56 Å². The van der Waals surface area contributed by atoms with Crippen LogP contribution in [0.2, 0.25) is 0 Å². The first-order chi connectivity index (χ1) is 21.2. The molecule has 1 atom stereocenters. The number of allylic oxidation sites excluding steroid dienone is 1. The van der Waals surface area contributed by atoms with Crippen molar-refractivity contribution in [3.05, 3.63) is 103 Å². The number of nitrogens with zero attached hydrogens (tertiary/aromatic N) is 4. The molecule has 228 valence electrons. The molecule has 0 bridgehead atoms. The predicted molar refractivity (Wildman–Crippen MR) is 163 cm³/mol. The highest BCUT2D eigenvalue weighted by molar-refractivity contribution is 7.91. The molecular formula is C31H30N4O7S2. The van der Waals surface area contributed by atoms with Gasteiger partial charge >= 0.3 is 5.97 Å². The molecule has 0 amide bonds. The van der Waals surface area contributed by atoms with Crippen LogP contribution in [0.3, 0.4) is 0 Å². The molecule has 0 aliphatic carbocycles. The van der Waals surface area contributed by atoms with Gasteiger partial charge < -0.3 is 18.8 Å². The van der Waals surface area contributed by atoms with Crippen molar-refractivity contribution in [3.8, 4) is 0 Å². The summed E-state index contributed by atoms with van der Waals surface area (Å²) in [4.78, 5) is 38.3. The van der Waals surface area contributed by atoms with Crippen LogP contribution in [0.1, 0.15) is 36.9 Å². The Kier molecular flexibility index (Phi) is 8.10. The third-order valence-electron chi connectivity index (χ3n) is 7.37. The van der Waals surface area contributed by atoms with Crippen LogP contribution in [-0.4, -0.2) is 56.8 Å². The van der Waals surface area contributed by atoms with Crippen molar-refractivity contribution in [1.29, 1.82) is 0 Å². The van der Waals surface area contributed by atoms with E-state index in [0.29, 0.717) is 36.8 Å². The van der Waals surface area contributed by atoms with Crippen molar-refractivity contribution in [2.24, 2.45) is 4.99 Å². The summed E-state index contributed by atoms with van der Waals surface area (Å²) in [5.74, 6) is -0.499. The third-order valence-corrected chi connectivity index (χ3v) is 10.0. The largest absolute Gasteiger partial charge is 0.463 e. The average molecular weight is 635 g/mol. The summed E-state index contributed by atoms with van der Waals surface area (Å²) >= 11 is 1.10. The molecule has 0 spiro atoms. The molecule has 4 aromatic rings. The second-order valence-corrected chi connectivity index (χ2v) is 13.2. The maximum absolute atomic E-state index is 14.0. The Morgan fingerprint density at radius 3 is 2.48 bits per heavy atom. The van der Waals surface area contributed by atoms with E-state index in [1.54, 1.807) is 30.9 Å². The number of oxazole rings is 1. The molecule has 0 saturated carbocycles. The minimum absolute atomic E-state index is 0.0416. The lowest BCUT2D eigenvalue weighted by Crippen LogP contribution is -2.39. The first-order valence-electron chi connectivity index (χ1n) is 14.1. The molecule has 2 aliphatic heterocycles. The van der Waals surface area contributed by atoms with Crippen LogP contribution < -0.4 is 19.8 Å². The van der Waals surface area contributed by atoms with Crippen molar-refractivity contribution < 1.29 is 27.1 Å². The quantitative estimate of drug-likeness (QED) is 0.282. The van der Waals surface area contributed by atoms with Crippen LogP contribution in [-0.2, 0) is 24.1 Å². The van der Waals surface area contributed by atoms with Crippen molar-refractivity contribution in [3.63, 3.8) is 0 Å². The smallest absolute Gasteiger partial charge is 0.338 e. The predicted octanol–water partition coefficient (Wildman–Crippen LogP) is 2.76. The fourth-order valence-electron chi connectivity index (χ4n) is 5.20. The number of morpholine rings is 1. The van der Waals surface area contributed by atoms with Gasteiger partial charge in [-0.3, -0.25) is 9.36 Å². The molecule has 0 radical (unpaired) electrons. The van der Waals surface area contributed by atoms with E-state index < -0.39 is 27.4 Å². The van der Waals surface area contributed by atoms with E-state index in [2.05, 4.69) is 9.98 Å². The van der Waals surface area contributed by atoms with Crippen molar-refractivity contribution in [2.75, 3.05) is 37.8 Å². The Morgan fingerprint density at radius 2 is 1.80 bits per heavy atom. The molecule has 11 nitrogen and oxygen atoms in total. The Morgan fingerprint density at radius 1 is 1.09 bits per heavy atom. The van der Waals surface area contributed by atoms with Gasteiger partial charge in [-0.05, 0) is 38.5 Å². The minimum Gasteiger partial charge on any atom is -0.463 e. The van der Waals surface area contributed by atoms with E-state index in [9.17, 15) is 18.0 Å². The molecule has 0 unspecified atom stereocenters. The van der Waals surface area contributed by atoms with Crippen LogP contribution in [0.4, 0.5) is 5.88 Å². The van der Waals surface area contributed by atoms with Gasteiger partial charge in [0.2, 0.25) is 26.6 Å². The van der Waals surface area contributed by atoms with Crippen LogP contribution >= 0.6 is 11.3 Å². The first kappa shape index (κ1) is 29.7. The minimum atomic E-state index is -4.06. The highest BCUT2D eigenvalue weighted by Gasteiger charge is 2.34. The third kappa shape index (κ3) is 5.42. The summed E-state index contributed by atoms with van der Waals surface area (Å²) in [6, 6.07) is 14.9. The number of anilines is 1. The Bertz CT molecular complexity index is 2040. The molecule has 2 aliphatic rings. The fraction of sp³-hybridized carbons (Fsp3) is 0.290. The van der Waals surface area contributed by atoms with E-state index in [-0.39, 0.29) is 38.4 Å². The number of sulfone groups is 1. The van der Waals surface area contributed by atoms with Gasteiger partial charge in [0.15, 0.2) is 4.80 Å². The summed E-state index contributed by atoms with van der Waals surface area (Å²) in [7, 11) is -4.06. The number of carbonyl (C=O) groups excluding carboxylic acids is 1. The number of aryl methyl sites for hydroxylation is 1. The van der Waals surface area contributed by atoms with Crippen LogP contribution in [0, 0.1) is 6.92 Å². The van der Waals surface area contributed by atoms with Gasteiger partial charge in [0.1, 0.15) is 4.53 Å². The molecule has 44 heavy (non-hydrogen) atoms. The molecule has 1 fully saturated rings. The Hall–Kier alpha value is -4.33. The normalized spacial score (nSPS) is 17.4. The van der Waals surface area contributed by atoms with E-state index in [0.717, 1.165) is 22.5 Å². The van der Waals surface area contributed by atoms with Gasteiger partial charge in [-0.15, -0.1) is 0 Å². The topological polar surface area (TPSA) is 133 Å². The van der Waals surface area contributed by atoms with Gasteiger partial charge in [-0.1, -0.05) is 59.4 Å². The molecule has 4 heterocycles. The number of aromatic nitrogens is 2. The molecule has 6 rings (SSSR count). The summed E-state index contributed by atoms with van der Waals surface area (Å²) < 4.78 is 46.1. The number of ether oxygens (including phenoxy) is 2. The molecule has 0 N–H and O–H groups in total. The lowest BCUT2D eigenvalue weighted by Gasteiger charge is -2.26. The van der Waals surface area contributed by atoms with Crippen molar-refractivity contribution >= 4 is 39.1 Å². The molecular weight excluding hydrogens is 604 g/mol. The summed E-state index contributed by atoms with van der Waals surface area (Å²) in [6.45, 7) is 7.12. The number of thiazole rings is 1.